The molecule has 1 heterocycles. The second kappa shape index (κ2) is 4.99. The Kier molecular flexibility index (Phi) is 3.60. The van der Waals surface area contributed by atoms with Crippen molar-refractivity contribution in [1.29, 1.82) is 0 Å². The van der Waals surface area contributed by atoms with Gasteiger partial charge < -0.3 is 5.73 Å². The molecule has 0 bridgehead atoms. The molecule has 0 unspecified atom stereocenters. The molecule has 0 saturated carbocycles. The maximum absolute atomic E-state index is 11.8. The normalized spacial score (nSPS) is 10.2. The zero-order valence-electron chi connectivity index (χ0n) is 8.28. The topological polar surface area (TPSA) is 80.9 Å². The lowest BCUT2D eigenvalue weighted by molar-refractivity contribution is 0.102. The van der Waals surface area contributed by atoms with Crippen molar-refractivity contribution < 1.29 is 4.79 Å². The van der Waals surface area contributed by atoms with Gasteiger partial charge in [0.05, 0.1) is 5.02 Å². The van der Waals surface area contributed by atoms with E-state index < -0.39 is 0 Å². The number of hydrogen-bond donors (Lipinski definition) is 2. The molecule has 1 aromatic carbocycles. The van der Waals surface area contributed by atoms with E-state index in [4.69, 9.17) is 17.3 Å². The van der Waals surface area contributed by atoms with Gasteiger partial charge in [0.1, 0.15) is 0 Å². The lowest BCUT2D eigenvalue weighted by Crippen LogP contribution is -2.11. The number of nitrogens with one attached hydrogen (secondary N) is 1. The van der Waals surface area contributed by atoms with E-state index in [2.05, 4.69) is 31.4 Å². The third-order valence-corrected chi connectivity index (χ3v) is 3.74. The molecule has 0 radical (unpaired) electrons. The first-order chi connectivity index (χ1) is 8.06. The van der Waals surface area contributed by atoms with Gasteiger partial charge in [-0.2, -0.15) is 0 Å². The average molecular weight is 334 g/mol. The van der Waals surface area contributed by atoms with Crippen molar-refractivity contribution in [1.82, 2.24) is 10.2 Å². The van der Waals surface area contributed by atoms with Crippen LogP contribution < -0.4 is 11.1 Å². The molecule has 0 spiro atoms. The van der Waals surface area contributed by atoms with Crippen molar-refractivity contribution in [2.24, 2.45) is 0 Å². The molecule has 2 rings (SSSR count). The molecule has 3 N–H and O–H groups in total. The quantitative estimate of drug-likeness (QED) is 0.885. The summed E-state index contributed by atoms with van der Waals surface area (Å²) in [6.45, 7) is 0. The van der Waals surface area contributed by atoms with E-state index in [1.165, 1.54) is 0 Å². The fraction of sp³-hybridized carbons (Fsp3) is 0. The Labute approximate surface area is 114 Å². The number of aromatic nitrogens is 2. The van der Waals surface area contributed by atoms with Crippen LogP contribution in [0.3, 0.4) is 0 Å². The van der Waals surface area contributed by atoms with Gasteiger partial charge in [-0.3, -0.25) is 10.1 Å². The molecule has 0 aliphatic rings. The number of benzene rings is 1. The minimum Gasteiger partial charge on any atom is -0.374 e. The van der Waals surface area contributed by atoms with Gasteiger partial charge >= 0.3 is 0 Å². The number of nitrogens with zero attached hydrogens (tertiary/aromatic N) is 2. The molecule has 2 aromatic rings. The molecule has 0 aliphatic carbocycles. The fourth-order valence-corrected chi connectivity index (χ4v) is 2.02. The standard InChI is InChI=1S/C9H6BrClN4OS/c10-5-2-1-4(3-6(5)11)7(16)13-9-15-14-8(12)17-9/h1-3H,(H2,12,14)(H,13,15,16). The number of anilines is 2. The van der Waals surface area contributed by atoms with Crippen LogP contribution in [0.25, 0.3) is 0 Å². The summed E-state index contributed by atoms with van der Waals surface area (Å²) in [6, 6.07) is 4.91. The summed E-state index contributed by atoms with van der Waals surface area (Å²) < 4.78 is 0.732. The molecule has 1 amide bonds. The van der Waals surface area contributed by atoms with Crippen LogP contribution in [0.4, 0.5) is 10.3 Å². The highest BCUT2D eigenvalue weighted by molar-refractivity contribution is 9.10. The lowest BCUT2D eigenvalue weighted by atomic mass is 10.2. The van der Waals surface area contributed by atoms with Crippen LogP contribution in [-0.4, -0.2) is 16.1 Å². The van der Waals surface area contributed by atoms with E-state index in [1.807, 2.05) is 0 Å². The van der Waals surface area contributed by atoms with Gasteiger partial charge in [0, 0.05) is 10.0 Å². The Hall–Kier alpha value is -1.18. The predicted molar refractivity (Wildman–Crippen MR) is 71.4 cm³/mol. The number of rotatable bonds is 2. The van der Waals surface area contributed by atoms with E-state index in [1.54, 1.807) is 18.2 Å². The summed E-state index contributed by atoms with van der Waals surface area (Å²) in [5.74, 6) is -0.310. The van der Waals surface area contributed by atoms with Gasteiger partial charge in [0.25, 0.3) is 5.91 Å². The Bertz CT molecular complexity index is 574. The van der Waals surface area contributed by atoms with Crippen LogP contribution >= 0.6 is 38.9 Å². The molecule has 1 aromatic heterocycles. The van der Waals surface area contributed by atoms with Crippen LogP contribution in [0.2, 0.25) is 5.02 Å². The van der Waals surface area contributed by atoms with E-state index >= 15 is 0 Å². The Morgan fingerprint density at radius 2 is 2.24 bits per heavy atom. The van der Waals surface area contributed by atoms with Gasteiger partial charge in [-0.25, -0.2) is 0 Å². The van der Waals surface area contributed by atoms with Crippen molar-refractivity contribution >= 4 is 55.0 Å². The minimum atomic E-state index is -0.310. The largest absolute Gasteiger partial charge is 0.374 e. The zero-order valence-corrected chi connectivity index (χ0v) is 11.4. The molecule has 0 fully saturated rings. The van der Waals surface area contributed by atoms with E-state index in [-0.39, 0.29) is 5.91 Å². The molecule has 88 valence electrons. The van der Waals surface area contributed by atoms with E-state index in [0.717, 1.165) is 15.8 Å². The van der Waals surface area contributed by atoms with Gasteiger partial charge in [-0.05, 0) is 34.1 Å². The number of amides is 1. The second-order valence-corrected chi connectivity index (χ2v) is 5.30. The highest BCUT2D eigenvalue weighted by Crippen LogP contribution is 2.24. The highest BCUT2D eigenvalue weighted by Gasteiger charge is 2.10. The molecule has 5 nitrogen and oxygen atoms in total. The monoisotopic (exact) mass is 332 g/mol. The molecular formula is C9H6BrClN4OS. The van der Waals surface area contributed by atoms with Crippen molar-refractivity contribution in [3.63, 3.8) is 0 Å². The first kappa shape index (κ1) is 12.3. The van der Waals surface area contributed by atoms with Crippen LogP contribution in [-0.2, 0) is 0 Å². The van der Waals surface area contributed by atoms with Gasteiger partial charge in [0.2, 0.25) is 10.3 Å². The smallest absolute Gasteiger partial charge is 0.257 e. The number of nitrogen functional groups attached to an aromatic ring is 1. The second-order valence-electron chi connectivity index (χ2n) is 3.03. The van der Waals surface area contributed by atoms with Crippen LogP contribution in [0.1, 0.15) is 10.4 Å². The van der Waals surface area contributed by atoms with E-state index in [9.17, 15) is 4.79 Å². The molecule has 0 aliphatic heterocycles. The molecule has 0 saturated heterocycles. The zero-order chi connectivity index (χ0) is 12.4. The summed E-state index contributed by atoms with van der Waals surface area (Å²) in [4.78, 5) is 11.8. The van der Waals surface area contributed by atoms with Crippen molar-refractivity contribution in [2.45, 2.75) is 0 Å². The summed E-state index contributed by atoms with van der Waals surface area (Å²) in [5.41, 5.74) is 5.84. The van der Waals surface area contributed by atoms with Gasteiger partial charge in [0.15, 0.2) is 0 Å². The predicted octanol–water partition coefficient (Wildman–Crippen LogP) is 2.79. The van der Waals surface area contributed by atoms with E-state index in [0.29, 0.717) is 20.8 Å². The van der Waals surface area contributed by atoms with Gasteiger partial charge in [-0.15, -0.1) is 10.2 Å². The number of nitrogens with two attached hydrogens (primary N) is 1. The summed E-state index contributed by atoms with van der Waals surface area (Å²) >= 11 is 10.2. The Morgan fingerprint density at radius 1 is 1.47 bits per heavy atom. The number of carbonyl (C=O) groups is 1. The fourth-order valence-electron chi connectivity index (χ4n) is 1.09. The number of hydrogen-bond acceptors (Lipinski definition) is 5. The van der Waals surface area contributed by atoms with Crippen LogP contribution in [0.5, 0.6) is 0 Å². The lowest BCUT2D eigenvalue weighted by Gasteiger charge is -2.02. The Morgan fingerprint density at radius 3 is 2.82 bits per heavy atom. The summed E-state index contributed by atoms with van der Waals surface area (Å²) in [6.07, 6.45) is 0. The third-order valence-electron chi connectivity index (χ3n) is 1.84. The first-order valence-corrected chi connectivity index (χ1v) is 6.40. The molecular weight excluding hydrogens is 328 g/mol. The van der Waals surface area contributed by atoms with Crippen LogP contribution in [0.15, 0.2) is 22.7 Å². The maximum atomic E-state index is 11.8. The van der Waals surface area contributed by atoms with Gasteiger partial charge in [-0.1, -0.05) is 22.9 Å². The van der Waals surface area contributed by atoms with Crippen molar-refractivity contribution in [2.75, 3.05) is 11.1 Å². The van der Waals surface area contributed by atoms with Crippen molar-refractivity contribution in [3.8, 4) is 0 Å². The molecule has 17 heavy (non-hydrogen) atoms. The Balaban J connectivity index is 2.17. The highest BCUT2D eigenvalue weighted by atomic mass is 79.9. The summed E-state index contributed by atoms with van der Waals surface area (Å²) in [5, 5.41) is 11.0. The minimum absolute atomic E-state index is 0.300. The SMILES string of the molecule is Nc1nnc(NC(=O)c2ccc(Br)c(Cl)c2)s1. The average Bonchev–Trinajstić information content (AvgIpc) is 2.68. The van der Waals surface area contributed by atoms with Crippen molar-refractivity contribution in [3.05, 3.63) is 33.3 Å². The summed E-state index contributed by atoms with van der Waals surface area (Å²) in [7, 11) is 0. The number of carbonyl (C=O) groups excluding carboxylic acids is 1. The van der Waals surface area contributed by atoms with Crippen LogP contribution in [0, 0.1) is 0 Å². The first-order valence-electron chi connectivity index (χ1n) is 4.41. The number of halogens is 2. The molecule has 0 atom stereocenters. The maximum Gasteiger partial charge on any atom is 0.257 e. The third kappa shape index (κ3) is 2.93. The molecule has 8 heteroatoms.